The number of halogens is 1. The number of carbonyl (C=O) groups excluding carboxylic acids is 1. The minimum atomic E-state index is -0.933. The standard InChI is InChI=1S/C30H30ClNO3S/c1-3-6-24(20-9-11-22(12-10-20)30(35)32-18-17-27(33)34)29(21-13-15-23(31)16-14-21)28-19(2)36-26-8-5-4-7-25(26)28/h4-5,7-16,24,29H,3,6,17-18H2,1-2H3,(H,32,35)(H,33,34). The van der Waals surface area contributed by atoms with Crippen molar-refractivity contribution >= 4 is 44.9 Å². The second-order valence-corrected chi connectivity index (χ2v) is 10.7. The van der Waals surface area contributed by atoms with Crippen molar-refractivity contribution < 1.29 is 14.7 Å². The summed E-state index contributed by atoms with van der Waals surface area (Å²) in [5.74, 6) is -0.855. The Morgan fingerprint density at radius 3 is 2.31 bits per heavy atom. The molecule has 1 aromatic heterocycles. The van der Waals surface area contributed by atoms with E-state index in [9.17, 15) is 9.59 Å². The van der Waals surface area contributed by atoms with Crippen molar-refractivity contribution in [2.45, 2.75) is 44.9 Å². The van der Waals surface area contributed by atoms with Crippen molar-refractivity contribution in [1.29, 1.82) is 0 Å². The van der Waals surface area contributed by atoms with E-state index in [4.69, 9.17) is 16.7 Å². The van der Waals surface area contributed by atoms with Crippen LogP contribution in [-0.4, -0.2) is 23.5 Å². The number of rotatable bonds is 10. The number of amides is 1. The number of carbonyl (C=O) groups is 2. The number of hydrogen-bond acceptors (Lipinski definition) is 3. The highest BCUT2D eigenvalue weighted by atomic mass is 35.5. The summed E-state index contributed by atoms with van der Waals surface area (Å²) in [6.07, 6.45) is 1.91. The molecule has 6 heteroatoms. The summed E-state index contributed by atoms with van der Waals surface area (Å²) in [5, 5.41) is 13.5. The molecular weight excluding hydrogens is 490 g/mol. The first-order valence-electron chi connectivity index (χ1n) is 12.2. The molecule has 2 unspecified atom stereocenters. The van der Waals surface area contributed by atoms with Gasteiger partial charge in [0, 0.05) is 32.6 Å². The Hall–Kier alpha value is -3.15. The van der Waals surface area contributed by atoms with Gasteiger partial charge < -0.3 is 10.4 Å². The maximum absolute atomic E-state index is 12.5. The van der Waals surface area contributed by atoms with Crippen molar-refractivity contribution in [3.63, 3.8) is 0 Å². The van der Waals surface area contributed by atoms with E-state index in [1.165, 1.54) is 31.7 Å². The highest BCUT2D eigenvalue weighted by molar-refractivity contribution is 7.19. The Morgan fingerprint density at radius 1 is 0.972 bits per heavy atom. The first-order valence-corrected chi connectivity index (χ1v) is 13.4. The lowest BCUT2D eigenvalue weighted by Gasteiger charge is -2.29. The van der Waals surface area contributed by atoms with Crippen LogP contribution >= 0.6 is 22.9 Å². The van der Waals surface area contributed by atoms with Crippen LogP contribution < -0.4 is 5.32 Å². The van der Waals surface area contributed by atoms with Gasteiger partial charge in [-0.2, -0.15) is 0 Å². The molecule has 4 aromatic rings. The topological polar surface area (TPSA) is 66.4 Å². The Bertz CT molecular complexity index is 1350. The van der Waals surface area contributed by atoms with Crippen LogP contribution in [-0.2, 0) is 4.79 Å². The predicted molar refractivity (Wildman–Crippen MR) is 149 cm³/mol. The molecule has 1 amide bonds. The van der Waals surface area contributed by atoms with Crippen LogP contribution in [0.4, 0.5) is 0 Å². The van der Waals surface area contributed by atoms with Gasteiger partial charge >= 0.3 is 5.97 Å². The zero-order chi connectivity index (χ0) is 25.7. The zero-order valence-electron chi connectivity index (χ0n) is 20.5. The molecule has 0 aliphatic carbocycles. The van der Waals surface area contributed by atoms with Crippen molar-refractivity contribution in [3.05, 3.63) is 105 Å². The third kappa shape index (κ3) is 5.80. The van der Waals surface area contributed by atoms with Crippen LogP contribution in [0, 0.1) is 6.92 Å². The Labute approximate surface area is 220 Å². The molecule has 36 heavy (non-hydrogen) atoms. The molecule has 2 N–H and O–H groups in total. The van der Waals surface area contributed by atoms with Crippen molar-refractivity contribution in [1.82, 2.24) is 5.32 Å². The first-order chi connectivity index (χ1) is 17.4. The number of nitrogens with one attached hydrogen (secondary N) is 1. The lowest BCUT2D eigenvalue weighted by molar-refractivity contribution is -0.136. The van der Waals surface area contributed by atoms with Gasteiger partial charge in [-0.1, -0.05) is 67.4 Å². The number of fused-ring (bicyclic) bond motifs is 1. The molecule has 4 rings (SSSR count). The number of benzene rings is 3. The molecule has 1 heterocycles. The zero-order valence-corrected chi connectivity index (χ0v) is 22.0. The SMILES string of the molecule is CCCC(c1ccc(C(=O)NCCC(=O)O)cc1)C(c1ccc(Cl)cc1)c1c(C)sc2ccccc12. The molecule has 0 aliphatic rings. The summed E-state index contributed by atoms with van der Waals surface area (Å²) in [4.78, 5) is 24.5. The summed E-state index contributed by atoms with van der Waals surface area (Å²) in [6, 6.07) is 24.5. The molecule has 4 nitrogen and oxygen atoms in total. The fourth-order valence-corrected chi connectivity index (χ4v) is 6.19. The lowest BCUT2D eigenvalue weighted by atomic mass is 9.74. The van der Waals surface area contributed by atoms with Crippen molar-refractivity contribution in [2.24, 2.45) is 0 Å². The van der Waals surface area contributed by atoms with Gasteiger partial charge in [-0.3, -0.25) is 9.59 Å². The molecule has 0 fully saturated rings. The minimum absolute atomic E-state index is 0.0981. The average molecular weight is 520 g/mol. The molecule has 0 bridgehead atoms. The van der Waals surface area contributed by atoms with E-state index in [0.717, 1.165) is 17.9 Å². The Kier molecular flexibility index (Phi) is 8.44. The van der Waals surface area contributed by atoms with Crippen LogP contribution in [0.3, 0.4) is 0 Å². The molecule has 0 aliphatic heterocycles. The van der Waals surface area contributed by atoms with Crippen LogP contribution in [0.5, 0.6) is 0 Å². The van der Waals surface area contributed by atoms with E-state index in [0.29, 0.717) is 5.56 Å². The van der Waals surface area contributed by atoms with E-state index in [-0.39, 0.29) is 30.7 Å². The molecule has 0 saturated carbocycles. The minimum Gasteiger partial charge on any atom is -0.481 e. The van der Waals surface area contributed by atoms with E-state index >= 15 is 0 Å². The van der Waals surface area contributed by atoms with Crippen molar-refractivity contribution in [2.75, 3.05) is 6.54 Å². The molecule has 0 spiro atoms. The summed E-state index contributed by atoms with van der Waals surface area (Å²) < 4.78 is 1.28. The molecule has 2 atom stereocenters. The van der Waals surface area contributed by atoms with Gasteiger partial charge in [0.25, 0.3) is 5.91 Å². The second kappa shape index (κ2) is 11.7. The highest BCUT2D eigenvalue weighted by Gasteiger charge is 2.30. The number of aliphatic carboxylic acids is 1. The van der Waals surface area contributed by atoms with E-state index in [1.54, 1.807) is 0 Å². The molecule has 3 aromatic carbocycles. The predicted octanol–water partition coefficient (Wildman–Crippen LogP) is 7.78. The number of thiophene rings is 1. The third-order valence-electron chi connectivity index (χ3n) is 6.59. The van der Waals surface area contributed by atoms with Gasteiger partial charge in [0.15, 0.2) is 0 Å². The van der Waals surface area contributed by atoms with Gasteiger partial charge in [0.2, 0.25) is 0 Å². The van der Waals surface area contributed by atoms with Crippen LogP contribution in [0.25, 0.3) is 10.1 Å². The fourth-order valence-electron chi connectivity index (χ4n) is 4.95. The molecule has 0 saturated heterocycles. The lowest BCUT2D eigenvalue weighted by Crippen LogP contribution is -2.26. The van der Waals surface area contributed by atoms with Gasteiger partial charge in [-0.05, 0) is 71.7 Å². The molecular formula is C30H30ClNO3S. The van der Waals surface area contributed by atoms with Gasteiger partial charge in [-0.25, -0.2) is 0 Å². The Balaban J connectivity index is 1.75. The number of aryl methyl sites for hydroxylation is 1. The van der Waals surface area contributed by atoms with Gasteiger partial charge in [0.1, 0.15) is 0 Å². The largest absolute Gasteiger partial charge is 0.481 e. The number of carboxylic acids is 1. The van der Waals surface area contributed by atoms with Crippen LogP contribution in [0.1, 0.15) is 69.9 Å². The van der Waals surface area contributed by atoms with E-state index in [1.807, 2.05) is 47.7 Å². The first kappa shape index (κ1) is 25.9. The maximum Gasteiger partial charge on any atom is 0.305 e. The average Bonchev–Trinajstić information content (AvgIpc) is 3.20. The fraction of sp³-hybridized carbons (Fsp3) is 0.267. The summed E-state index contributed by atoms with van der Waals surface area (Å²) in [6.45, 7) is 4.52. The molecule has 186 valence electrons. The molecule has 0 radical (unpaired) electrons. The second-order valence-electron chi connectivity index (χ2n) is 9.01. The number of carboxylic acid groups (broad SMARTS) is 1. The monoisotopic (exact) mass is 519 g/mol. The summed E-state index contributed by atoms with van der Waals surface area (Å²) in [5.41, 5.74) is 4.28. The summed E-state index contributed by atoms with van der Waals surface area (Å²) in [7, 11) is 0. The van der Waals surface area contributed by atoms with Crippen LogP contribution in [0.15, 0.2) is 72.8 Å². The smallest absolute Gasteiger partial charge is 0.305 e. The van der Waals surface area contributed by atoms with Crippen molar-refractivity contribution in [3.8, 4) is 0 Å². The van der Waals surface area contributed by atoms with E-state index < -0.39 is 5.97 Å². The normalized spacial score (nSPS) is 12.9. The van der Waals surface area contributed by atoms with Crippen LogP contribution in [0.2, 0.25) is 5.02 Å². The van der Waals surface area contributed by atoms with Gasteiger partial charge in [-0.15, -0.1) is 11.3 Å². The Morgan fingerprint density at radius 2 is 1.64 bits per heavy atom. The van der Waals surface area contributed by atoms with E-state index in [2.05, 4.69) is 55.6 Å². The third-order valence-corrected chi connectivity index (χ3v) is 7.94. The maximum atomic E-state index is 12.5. The summed E-state index contributed by atoms with van der Waals surface area (Å²) >= 11 is 8.09. The number of hydrogen-bond donors (Lipinski definition) is 2. The quantitative estimate of drug-likeness (QED) is 0.225. The van der Waals surface area contributed by atoms with Gasteiger partial charge in [0.05, 0.1) is 6.42 Å². The highest BCUT2D eigenvalue weighted by Crippen LogP contribution is 2.47.